The predicted molar refractivity (Wildman–Crippen MR) is 107 cm³/mol. The SMILES string of the molecule is CCCCCCCCOc1ccc(N=Cc2ccc(Br)cc2)cc1. The minimum absolute atomic E-state index is 0.799. The van der Waals surface area contributed by atoms with E-state index in [1.807, 2.05) is 54.7 Å². The molecule has 2 aromatic carbocycles. The van der Waals surface area contributed by atoms with Crippen molar-refractivity contribution in [3.05, 3.63) is 58.6 Å². The molecule has 0 unspecified atom stereocenters. The summed E-state index contributed by atoms with van der Waals surface area (Å²) in [6.07, 6.45) is 9.58. The van der Waals surface area contributed by atoms with Gasteiger partial charge in [-0.25, -0.2) is 0 Å². The zero-order valence-corrected chi connectivity index (χ0v) is 16.0. The normalized spacial score (nSPS) is 11.1. The molecule has 0 atom stereocenters. The van der Waals surface area contributed by atoms with Crippen molar-refractivity contribution in [3.63, 3.8) is 0 Å². The number of hydrogen-bond donors (Lipinski definition) is 0. The number of unbranched alkanes of at least 4 members (excludes halogenated alkanes) is 5. The topological polar surface area (TPSA) is 21.6 Å². The van der Waals surface area contributed by atoms with Gasteiger partial charge in [-0.05, 0) is 48.4 Å². The van der Waals surface area contributed by atoms with Gasteiger partial charge in [0.05, 0.1) is 12.3 Å². The third-order valence-corrected chi connectivity index (χ3v) is 4.36. The third kappa shape index (κ3) is 7.31. The molecule has 0 saturated heterocycles. The van der Waals surface area contributed by atoms with E-state index in [9.17, 15) is 0 Å². The van der Waals surface area contributed by atoms with E-state index in [0.29, 0.717) is 0 Å². The largest absolute Gasteiger partial charge is 0.494 e. The average molecular weight is 388 g/mol. The molecule has 24 heavy (non-hydrogen) atoms. The predicted octanol–water partition coefficient (Wildman–Crippen LogP) is 6.94. The van der Waals surface area contributed by atoms with Gasteiger partial charge in [-0.3, -0.25) is 4.99 Å². The van der Waals surface area contributed by atoms with Crippen LogP contribution in [0, 0.1) is 0 Å². The number of benzene rings is 2. The molecule has 0 aromatic heterocycles. The highest BCUT2D eigenvalue weighted by molar-refractivity contribution is 9.10. The molecule has 0 radical (unpaired) electrons. The Labute approximate surface area is 154 Å². The quantitative estimate of drug-likeness (QED) is 0.319. The van der Waals surface area contributed by atoms with E-state index >= 15 is 0 Å². The van der Waals surface area contributed by atoms with Gasteiger partial charge in [-0.15, -0.1) is 0 Å². The molecule has 0 amide bonds. The fourth-order valence-electron chi connectivity index (χ4n) is 2.40. The summed E-state index contributed by atoms with van der Waals surface area (Å²) in [4.78, 5) is 4.49. The number of rotatable bonds is 10. The van der Waals surface area contributed by atoms with Gasteiger partial charge < -0.3 is 4.74 Å². The summed E-state index contributed by atoms with van der Waals surface area (Å²) >= 11 is 3.43. The van der Waals surface area contributed by atoms with Crippen molar-refractivity contribution in [2.75, 3.05) is 6.61 Å². The molecule has 0 fully saturated rings. The van der Waals surface area contributed by atoms with Gasteiger partial charge >= 0.3 is 0 Å². The van der Waals surface area contributed by atoms with E-state index in [-0.39, 0.29) is 0 Å². The maximum Gasteiger partial charge on any atom is 0.119 e. The van der Waals surface area contributed by atoms with E-state index in [4.69, 9.17) is 4.74 Å². The van der Waals surface area contributed by atoms with Gasteiger partial charge in [0.2, 0.25) is 0 Å². The zero-order valence-electron chi connectivity index (χ0n) is 14.4. The van der Waals surface area contributed by atoms with Gasteiger partial charge in [-0.1, -0.05) is 67.1 Å². The van der Waals surface area contributed by atoms with Crippen LogP contribution in [0.2, 0.25) is 0 Å². The molecule has 0 aliphatic heterocycles. The Hall–Kier alpha value is -1.61. The minimum Gasteiger partial charge on any atom is -0.494 e. The molecule has 0 aliphatic rings. The zero-order chi connectivity index (χ0) is 17.0. The third-order valence-electron chi connectivity index (χ3n) is 3.84. The van der Waals surface area contributed by atoms with E-state index in [1.54, 1.807) is 0 Å². The number of hydrogen-bond acceptors (Lipinski definition) is 2. The Bertz CT molecular complexity index is 605. The molecule has 0 N–H and O–H groups in total. The highest BCUT2D eigenvalue weighted by Crippen LogP contribution is 2.19. The highest BCUT2D eigenvalue weighted by Gasteiger charge is 1.96. The van der Waals surface area contributed by atoms with Crippen LogP contribution >= 0.6 is 15.9 Å². The number of ether oxygens (including phenoxy) is 1. The fraction of sp³-hybridized carbons (Fsp3) is 0.381. The first kappa shape index (κ1) is 18.7. The van der Waals surface area contributed by atoms with E-state index in [2.05, 4.69) is 27.8 Å². The summed E-state index contributed by atoms with van der Waals surface area (Å²) in [6.45, 7) is 3.04. The highest BCUT2D eigenvalue weighted by atomic mass is 79.9. The van der Waals surface area contributed by atoms with Crippen molar-refractivity contribution in [2.45, 2.75) is 45.4 Å². The molecule has 2 nitrogen and oxygen atoms in total. The van der Waals surface area contributed by atoms with Gasteiger partial charge in [0, 0.05) is 10.7 Å². The van der Waals surface area contributed by atoms with Crippen LogP contribution < -0.4 is 4.74 Å². The molecule has 128 valence electrons. The summed E-state index contributed by atoms with van der Waals surface area (Å²) in [5.41, 5.74) is 2.02. The molecular weight excluding hydrogens is 362 g/mol. The Morgan fingerprint density at radius 1 is 0.875 bits per heavy atom. The molecule has 0 saturated carbocycles. The second kappa shape index (κ2) is 11.0. The van der Waals surface area contributed by atoms with Crippen molar-refractivity contribution in [3.8, 4) is 5.75 Å². The lowest BCUT2D eigenvalue weighted by atomic mass is 10.1. The molecule has 2 aromatic rings. The number of nitrogens with zero attached hydrogens (tertiary/aromatic N) is 1. The van der Waals surface area contributed by atoms with Crippen molar-refractivity contribution in [1.29, 1.82) is 0 Å². The van der Waals surface area contributed by atoms with Crippen LogP contribution in [0.5, 0.6) is 5.75 Å². The van der Waals surface area contributed by atoms with Gasteiger partial charge in [0.15, 0.2) is 0 Å². The first-order valence-corrected chi connectivity index (χ1v) is 9.60. The van der Waals surface area contributed by atoms with Crippen LogP contribution in [0.25, 0.3) is 0 Å². The molecular formula is C21H26BrNO. The summed E-state index contributed by atoms with van der Waals surface area (Å²) < 4.78 is 6.86. The first-order chi connectivity index (χ1) is 11.8. The van der Waals surface area contributed by atoms with Crippen molar-refractivity contribution in [1.82, 2.24) is 0 Å². The standard InChI is InChI=1S/C21H26BrNO/c1-2-3-4-5-6-7-16-24-21-14-12-20(13-15-21)23-17-18-8-10-19(22)11-9-18/h8-15,17H,2-7,16H2,1H3. The molecule has 0 aliphatic carbocycles. The molecule has 2 rings (SSSR count). The van der Waals surface area contributed by atoms with Crippen LogP contribution in [0.15, 0.2) is 58.0 Å². The number of aliphatic imine (C=N–C) groups is 1. The minimum atomic E-state index is 0.799. The smallest absolute Gasteiger partial charge is 0.119 e. The second-order valence-corrected chi connectivity index (χ2v) is 6.84. The second-order valence-electron chi connectivity index (χ2n) is 5.92. The lowest BCUT2D eigenvalue weighted by Crippen LogP contribution is -1.96. The van der Waals surface area contributed by atoms with Crippen LogP contribution in [0.3, 0.4) is 0 Å². The van der Waals surface area contributed by atoms with E-state index in [0.717, 1.165) is 34.5 Å². The van der Waals surface area contributed by atoms with Crippen LogP contribution in [0.4, 0.5) is 5.69 Å². The van der Waals surface area contributed by atoms with Crippen LogP contribution in [-0.2, 0) is 0 Å². The van der Waals surface area contributed by atoms with E-state index < -0.39 is 0 Å². The van der Waals surface area contributed by atoms with Crippen LogP contribution in [-0.4, -0.2) is 12.8 Å². The van der Waals surface area contributed by atoms with Crippen molar-refractivity contribution in [2.24, 2.45) is 4.99 Å². The fourth-order valence-corrected chi connectivity index (χ4v) is 2.66. The summed E-state index contributed by atoms with van der Waals surface area (Å²) in [5.74, 6) is 0.922. The van der Waals surface area contributed by atoms with Crippen molar-refractivity contribution < 1.29 is 4.74 Å². The maximum atomic E-state index is 5.79. The average Bonchev–Trinajstić information content (AvgIpc) is 2.61. The van der Waals surface area contributed by atoms with Gasteiger partial charge in [0.25, 0.3) is 0 Å². The van der Waals surface area contributed by atoms with Crippen LogP contribution in [0.1, 0.15) is 51.0 Å². The Balaban J connectivity index is 1.71. The van der Waals surface area contributed by atoms with Crippen molar-refractivity contribution >= 4 is 27.8 Å². The Morgan fingerprint density at radius 2 is 1.54 bits per heavy atom. The molecule has 0 heterocycles. The van der Waals surface area contributed by atoms with Gasteiger partial charge in [-0.2, -0.15) is 0 Å². The lowest BCUT2D eigenvalue weighted by Gasteiger charge is -2.06. The molecule has 0 spiro atoms. The summed E-state index contributed by atoms with van der Waals surface area (Å²) in [7, 11) is 0. The Kier molecular flexibility index (Phi) is 8.61. The Morgan fingerprint density at radius 3 is 2.25 bits per heavy atom. The van der Waals surface area contributed by atoms with Gasteiger partial charge in [0.1, 0.15) is 5.75 Å². The number of halogens is 1. The first-order valence-electron chi connectivity index (χ1n) is 8.80. The summed E-state index contributed by atoms with van der Waals surface area (Å²) in [5, 5.41) is 0. The summed E-state index contributed by atoms with van der Waals surface area (Å²) in [6, 6.07) is 16.1. The lowest BCUT2D eigenvalue weighted by molar-refractivity contribution is 0.304. The molecule has 3 heteroatoms. The maximum absolute atomic E-state index is 5.79. The monoisotopic (exact) mass is 387 g/mol. The molecule has 0 bridgehead atoms. The van der Waals surface area contributed by atoms with E-state index in [1.165, 1.54) is 32.1 Å².